The summed E-state index contributed by atoms with van der Waals surface area (Å²) < 4.78 is 19.1. The fourth-order valence-corrected chi connectivity index (χ4v) is 2.07. The molecular weight excluding hydrogens is 313 g/mol. The second kappa shape index (κ2) is 5.40. The van der Waals surface area contributed by atoms with Crippen molar-refractivity contribution in [3.05, 3.63) is 57.8 Å². The first-order valence-corrected chi connectivity index (χ1v) is 6.26. The Morgan fingerprint density at radius 1 is 1.26 bits per heavy atom. The molecule has 0 bridgehead atoms. The lowest BCUT2D eigenvalue weighted by Crippen LogP contribution is -2.08. The Kier molecular flexibility index (Phi) is 3.85. The molecule has 0 heterocycles. The molecular formula is C14H11BrFNO2. The molecule has 19 heavy (non-hydrogen) atoms. The molecule has 0 aliphatic carbocycles. The van der Waals surface area contributed by atoms with Crippen LogP contribution in [0.1, 0.15) is 15.9 Å². The van der Waals surface area contributed by atoms with Gasteiger partial charge >= 0.3 is 0 Å². The molecule has 0 amide bonds. The average molecular weight is 324 g/mol. The smallest absolute Gasteiger partial charge is 0.198 e. The van der Waals surface area contributed by atoms with Crippen LogP contribution in [0.3, 0.4) is 0 Å². The van der Waals surface area contributed by atoms with Gasteiger partial charge in [0.2, 0.25) is 0 Å². The van der Waals surface area contributed by atoms with Gasteiger partial charge in [0.25, 0.3) is 0 Å². The van der Waals surface area contributed by atoms with Crippen LogP contribution in [0.25, 0.3) is 0 Å². The number of hydrogen-bond donors (Lipinski definition) is 1. The van der Waals surface area contributed by atoms with Gasteiger partial charge in [-0.05, 0) is 40.2 Å². The summed E-state index contributed by atoms with van der Waals surface area (Å²) in [6.45, 7) is 0. The maximum Gasteiger partial charge on any atom is 0.198 e. The highest BCUT2D eigenvalue weighted by Crippen LogP contribution is 2.25. The van der Waals surface area contributed by atoms with E-state index in [1.54, 1.807) is 12.1 Å². The van der Waals surface area contributed by atoms with Crippen LogP contribution >= 0.6 is 15.9 Å². The first-order chi connectivity index (χ1) is 9.04. The quantitative estimate of drug-likeness (QED) is 0.695. The topological polar surface area (TPSA) is 52.3 Å². The van der Waals surface area contributed by atoms with Crippen molar-refractivity contribution in [3.63, 3.8) is 0 Å². The highest BCUT2D eigenvalue weighted by molar-refractivity contribution is 9.10. The van der Waals surface area contributed by atoms with Crippen molar-refractivity contribution in [2.24, 2.45) is 0 Å². The molecule has 98 valence electrons. The van der Waals surface area contributed by atoms with E-state index in [9.17, 15) is 9.18 Å². The number of halogens is 2. The minimum absolute atomic E-state index is 0.0220. The molecule has 2 N–H and O–H groups in total. The van der Waals surface area contributed by atoms with E-state index in [1.807, 2.05) is 0 Å². The van der Waals surface area contributed by atoms with Crippen LogP contribution in [0.2, 0.25) is 0 Å². The fraction of sp³-hybridized carbons (Fsp3) is 0.0714. The van der Waals surface area contributed by atoms with Crippen molar-refractivity contribution < 1.29 is 13.9 Å². The Bertz CT molecular complexity index is 643. The van der Waals surface area contributed by atoms with E-state index in [0.717, 1.165) is 0 Å². The highest BCUT2D eigenvalue weighted by Gasteiger charge is 2.18. The maximum atomic E-state index is 13.9. The van der Waals surface area contributed by atoms with Crippen LogP contribution in [-0.4, -0.2) is 12.9 Å². The van der Waals surface area contributed by atoms with Crippen molar-refractivity contribution in [2.75, 3.05) is 12.8 Å². The van der Waals surface area contributed by atoms with E-state index in [-0.39, 0.29) is 21.3 Å². The third kappa shape index (κ3) is 2.61. The van der Waals surface area contributed by atoms with Crippen LogP contribution in [0.5, 0.6) is 5.75 Å². The minimum atomic E-state index is -0.595. The molecule has 0 unspecified atom stereocenters. The van der Waals surface area contributed by atoms with Gasteiger partial charge in [-0.25, -0.2) is 4.39 Å². The van der Waals surface area contributed by atoms with Crippen LogP contribution in [0, 0.1) is 5.82 Å². The normalized spacial score (nSPS) is 10.3. The number of benzene rings is 2. The van der Waals surface area contributed by atoms with Gasteiger partial charge in [-0.15, -0.1) is 0 Å². The van der Waals surface area contributed by atoms with E-state index < -0.39 is 11.6 Å². The van der Waals surface area contributed by atoms with E-state index in [1.165, 1.54) is 31.4 Å². The standard InChI is InChI=1S/C14H11BrFNO2/c1-19-8-5-6-9(12(17)7-8)14(18)10-3-2-4-11(15)13(10)16/h2-7H,17H2,1H3. The molecule has 0 saturated carbocycles. The molecule has 2 aromatic carbocycles. The van der Waals surface area contributed by atoms with Gasteiger partial charge in [-0.2, -0.15) is 0 Å². The maximum absolute atomic E-state index is 13.9. The molecule has 0 aliphatic heterocycles. The fourth-order valence-electron chi connectivity index (χ4n) is 1.70. The first kappa shape index (κ1) is 13.5. The Hall–Kier alpha value is -1.88. The van der Waals surface area contributed by atoms with Crippen molar-refractivity contribution in [2.45, 2.75) is 0 Å². The molecule has 3 nitrogen and oxygen atoms in total. The van der Waals surface area contributed by atoms with Crippen molar-refractivity contribution in [1.29, 1.82) is 0 Å². The van der Waals surface area contributed by atoms with Gasteiger partial charge in [0.15, 0.2) is 5.78 Å². The van der Waals surface area contributed by atoms with Gasteiger partial charge < -0.3 is 10.5 Å². The summed E-state index contributed by atoms with van der Waals surface area (Å²) in [6.07, 6.45) is 0. The minimum Gasteiger partial charge on any atom is -0.497 e. The van der Waals surface area contributed by atoms with E-state index in [0.29, 0.717) is 5.75 Å². The molecule has 0 radical (unpaired) electrons. The van der Waals surface area contributed by atoms with Crippen molar-refractivity contribution in [1.82, 2.24) is 0 Å². The van der Waals surface area contributed by atoms with E-state index >= 15 is 0 Å². The lowest BCUT2D eigenvalue weighted by molar-refractivity contribution is 0.103. The van der Waals surface area contributed by atoms with Gasteiger partial charge in [-0.1, -0.05) is 6.07 Å². The third-order valence-electron chi connectivity index (χ3n) is 2.70. The number of methoxy groups -OCH3 is 1. The molecule has 0 spiro atoms. The Morgan fingerprint density at radius 3 is 2.63 bits per heavy atom. The molecule has 2 rings (SSSR count). The number of anilines is 1. The first-order valence-electron chi connectivity index (χ1n) is 5.47. The summed E-state index contributed by atoms with van der Waals surface area (Å²) in [7, 11) is 1.50. The van der Waals surface area contributed by atoms with Crippen molar-refractivity contribution >= 4 is 27.4 Å². The molecule has 0 aliphatic rings. The second-order valence-electron chi connectivity index (χ2n) is 3.88. The number of rotatable bonds is 3. The lowest BCUT2D eigenvalue weighted by atomic mass is 10.0. The predicted octanol–water partition coefficient (Wildman–Crippen LogP) is 3.41. The van der Waals surface area contributed by atoms with Crippen LogP contribution < -0.4 is 10.5 Å². The Labute approximate surface area is 118 Å². The third-order valence-corrected chi connectivity index (χ3v) is 3.31. The summed E-state index contributed by atoms with van der Waals surface area (Å²) in [4.78, 5) is 12.3. The zero-order valence-electron chi connectivity index (χ0n) is 10.1. The monoisotopic (exact) mass is 323 g/mol. The summed E-state index contributed by atoms with van der Waals surface area (Å²) in [5.41, 5.74) is 6.27. The predicted molar refractivity (Wildman–Crippen MR) is 74.9 cm³/mol. The molecule has 0 atom stereocenters. The molecule has 5 heteroatoms. The zero-order valence-corrected chi connectivity index (χ0v) is 11.7. The van der Waals surface area contributed by atoms with Crippen LogP contribution in [0.4, 0.5) is 10.1 Å². The SMILES string of the molecule is COc1ccc(C(=O)c2cccc(Br)c2F)c(N)c1. The average Bonchev–Trinajstić information content (AvgIpc) is 2.41. The van der Waals surface area contributed by atoms with E-state index in [2.05, 4.69) is 15.9 Å². The molecule has 0 saturated heterocycles. The number of carbonyl (C=O) groups excluding carboxylic acids is 1. The molecule has 2 aromatic rings. The number of hydrogen-bond acceptors (Lipinski definition) is 3. The van der Waals surface area contributed by atoms with Crippen molar-refractivity contribution in [3.8, 4) is 5.75 Å². The summed E-state index contributed by atoms with van der Waals surface area (Å²) in [5, 5.41) is 0. The van der Waals surface area contributed by atoms with Gasteiger partial charge in [0.1, 0.15) is 11.6 Å². The van der Waals surface area contributed by atoms with Crippen LogP contribution in [0.15, 0.2) is 40.9 Å². The Balaban J connectivity index is 2.47. The number of nitrogen functional groups attached to an aromatic ring is 1. The van der Waals surface area contributed by atoms with E-state index in [4.69, 9.17) is 10.5 Å². The molecule has 0 fully saturated rings. The van der Waals surface area contributed by atoms with Gasteiger partial charge in [-0.3, -0.25) is 4.79 Å². The summed E-state index contributed by atoms with van der Waals surface area (Å²) in [6, 6.07) is 9.22. The summed E-state index contributed by atoms with van der Waals surface area (Å²) in [5.74, 6) is -0.509. The number of carbonyl (C=O) groups is 1. The lowest BCUT2D eigenvalue weighted by Gasteiger charge is -2.08. The number of ketones is 1. The highest BCUT2D eigenvalue weighted by atomic mass is 79.9. The molecule has 0 aromatic heterocycles. The number of nitrogens with two attached hydrogens (primary N) is 1. The van der Waals surface area contributed by atoms with Crippen LogP contribution in [-0.2, 0) is 0 Å². The summed E-state index contributed by atoms with van der Waals surface area (Å²) >= 11 is 3.05. The zero-order chi connectivity index (χ0) is 14.0. The second-order valence-corrected chi connectivity index (χ2v) is 4.74. The largest absolute Gasteiger partial charge is 0.497 e. The number of ether oxygens (including phenoxy) is 1. The Morgan fingerprint density at radius 2 is 2.00 bits per heavy atom. The van der Waals surface area contributed by atoms with Gasteiger partial charge in [0.05, 0.1) is 17.1 Å². The van der Waals surface area contributed by atoms with Gasteiger partial charge in [0, 0.05) is 17.3 Å².